The summed E-state index contributed by atoms with van der Waals surface area (Å²) < 4.78 is 11.8. The Balaban J connectivity index is 0.710. The van der Waals surface area contributed by atoms with Gasteiger partial charge in [-0.15, -0.1) is 0 Å². The van der Waals surface area contributed by atoms with Gasteiger partial charge in [0.2, 0.25) is 5.95 Å². The average Bonchev–Trinajstić information content (AvgIpc) is 1.60. The molecule has 0 N–H and O–H groups in total. The molecule has 0 bridgehead atoms. The highest BCUT2D eigenvalue weighted by Gasteiger charge is 2.23. The third kappa shape index (κ3) is 8.93. The van der Waals surface area contributed by atoms with Crippen LogP contribution in [0.4, 0.5) is 0 Å². The summed E-state index contributed by atoms with van der Waals surface area (Å²) in [5, 5.41) is 12.0. The van der Waals surface area contributed by atoms with Gasteiger partial charge in [0.15, 0.2) is 0 Å². The molecule has 6 aromatic heterocycles. The van der Waals surface area contributed by atoms with Crippen molar-refractivity contribution in [3.05, 3.63) is 358 Å². The molecule has 7 nitrogen and oxygen atoms in total. The second-order valence-corrected chi connectivity index (χ2v) is 26.5. The molecule has 0 aliphatic heterocycles. The van der Waals surface area contributed by atoms with Gasteiger partial charge in [0.1, 0.15) is 0 Å². The smallest absolute Gasteiger partial charge is 0.235 e. The topological polar surface area (TPSA) is 50.4 Å². The van der Waals surface area contributed by atoms with E-state index in [4.69, 9.17) is 9.97 Å². The van der Waals surface area contributed by atoms with Crippen LogP contribution in [0.3, 0.4) is 0 Å². The van der Waals surface area contributed by atoms with Crippen LogP contribution in [0.1, 0.15) is 0 Å². The molecular weight excluding hydrogens is 1230 g/mol. The first-order chi connectivity index (χ1) is 50.1. The molecule has 21 rings (SSSR count). The van der Waals surface area contributed by atoms with E-state index in [1.165, 1.54) is 87.3 Å². The van der Waals surface area contributed by atoms with Gasteiger partial charge in [0, 0.05) is 87.7 Å². The molecule has 0 atom stereocenters. The highest BCUT2D eigenvalue weighted by molar-refractivity contribution is 6.16. The molecule has 0 fully saturated rings. The van der Waals surface area contributed by atoms with Gasteiger partial charge in [-0.1, -0.05) is 212 Å². The molecule has 0 amide bonds. The Morgan fingerprint density at radius 1 is 0.149 bits per heavy atom. The van der Waals surface area contributed by atoms with Crippen LogP contribution < -0.4 is 0 Å². The molecule has 15 aromatic carbocycles. The van der Waals surface area contributed by atoms with Crippen molar-refractivity contribution in [2.24, 2.45) is 0 Å². The number of fused-ring (bicyclic) bond motifs is 15. The zero-order valence-corrected chi connectivity index (χ0v) is 54.7. The zero-order chi connectivity index (χ0) is 66.2. The van der Waals surface area contributed by atoms with Crippen molar-refractivity contribution in [3.63, 3.8) is 0 Å². The average molecular weight is 1290 g/mol. The molecule has 0 radical (unpaired) electrons. The number of rotatable bonds is 10. The fourth-order valence-corrected chi connectivity index (χ4v) is 16.3. The standard InChI is InChI=1S/C94H59N7/c1-5-21-60(22-6-1)82-59-83(96-94(95-82)101-87-36-20-13-29-72(87)76-47-39-67(58-93(76)101)66-44-50-90-79(55-66)75-32-16-19-35-86(75)99(90)70-27-11-4-12-28-70)61-37-45-71(46-38-61)100-91-51-42-64(62-40-48-88-77(53-62)73-30-14-17-33-84(73)97(88)68-23-7-2-8-24-68)56-80(91)81-57-65(43-52-92(81)100)63-41-49-89-78(54-63)74-31-15-18-34-85(74)98(89)69-25-9-3-10-26-69/h1-59H. The molecule has 0 saturated heterocycles. The van der Waals surface area contributed by atoms with E-state index in [1.54, 1.807) is 0 Å². The van der Waals surface area contributed by atoms with Gasteiger partial charge in [-0.2, -0.15) is 0 Å². The normalized spacial score (nSPS) is 12.0. The quantitative estimate of drug-likeness (QED) is 0.137. The fraction of sp³-hybridized carbons (Fsp3) is 0. The Morgan fingerprint density at radius 3 is 0.772 bits per heavy atom. The van der Waals surface area contributed by atoms with Crippen molar-refractivity contribution in [3.8, 4) is 84.6 Å². The molecule has 21 aromatic rings. The summed E-state index contributed by atoms with van der Waals surface area (Å²) in [6, 6.07) is 130. The lowest BCUT2D eigenvalue weighted by atomic mass is 9.98. The zero-order valence-electron chi connectivity index (χ0n) is 54.7. The fourth-order valence-electron chi connectivity index (χ4n) is 16.3. The van der Waals surface area contributed by atoms with Crippen molar-refractivity contribution in [1.82, 2.24) is 32.8 Å². The first-order valence-corrected chi connectivity index (χ1v) is 34.5. The van der Waals surface area contributed by atoms with Gasteiger partial charge in [-0.05, 0) is 179 Å². The molecule has 0 unspecified atom stereocenters. The van der Waals surface area contributed by atoms with Gasteiger partial charge >= 0.3 is 0 Å². The summed E-state index contributed by atoms with van der Waals surface area (Å²) in [7, 11) is 0. The number of nitrogens with zero attached hydrogens (tertiary/aromatic N) is 7. The number of hydrogen-bond donors (Lipinski definition) is 0. The number of hydrogen-bond acceptors (Lipinski definition) is 2. The molecule has 0 saturated carbocycles. The van der Waals surface area contributed by atoms with Crippen molar-refractivity contribution >= 4 is 109 Å². The maximum Gasteiger partial charge on any atom is 0.235 e. The lowest BCUT2D eigenvalue weighted by Gasteiger charge is -2.13. The molecule has 6 heterocycles. The Bertz CT molecular complexity index is 6700. The van der Waals surface area contributed by atoms with E-state index in [-0.39, 0.29) is 0 Å². The minimum atomic E-state index is 0.603. The predicted molar refractivity (Wildman–Crippen MR) is 421 cm³/mol. The monoisotopic (exact) mass is 1290 g/mol. The Morgan fingerprint density at radius 2 is 0.396 bits per heavy atom. The lowest BCUT2D eigenvalue weighted by Crippen LogP contribution is -2.04. The summed E-state index contributed by atoms with van der Waals surface area (Å²) in [6.07, 6.45) is 0. The van der Waals surface area contributed by atoms with E-state index in [0.717, 1.165) is 100 Å². The minimum Gasteiger partial charge on any atom is -0.309 e. The summed E-state index contributed by atoms with van der Waals surface area (Å²) in [6.45, 7) is 0. The Kier molecular flexibility index (Phi) is 12.6. The molecule has 0 spiro atoms. The van der Waals surface area contributed by atoms with Crippen LogP contribution in [0.25, 0.3) is 194 Å². The largest absolute Gasteiger partial charge is 0.309 e. The summed E-state index contributed by atoms with van der Waals surface area (Å²) in [5.74, 6) is 0.603. The van der Waals surface area contributed by atoms with E-state index >= 15 is 0 Å². The lowest BCUT2D eigenvalue weighted by molar-refractivity contribution is 0.995. The van der Waals surface area contributed by atoms with Crippen LogP contribution in [0.5, 0.6) is 0 Å². The van der Waals surface area contributed by atoms with Crippen molar-refractivity contribution < 1.29 is 0 Å². The first kappa shape index (κ1) is 56.5. The molecule has 7 heteroatoms. The number of aromatic nitrogens is 7. The third-order valence-electron chi connectivity index (χ3n) is 20.9. The number of benzene rings is 15. The minimum absolute atomic E-state index is 0.603. The predicted octanol–water partition coefficient (Wildman–Crippen LogP) is 24.3. The molecular formula is C94H59N7. The van der Waals surface area contributed by atoms with E-state index in [1.807, 2.05) is 0 Å². The third-order valence-corrected chi connectivity index (χ3v) is 20.9. The molecule has 470 valence electrons. The second kappa shape index (κ2) is 22.5. The van der Waals surface area contributed by atoms with Gasteiger partial charge in [-0.3, -0.25) is 4.57 Å². The van der Waals surface area contributed by atoms with Crippen molar-refractivity contribution in [2.45, 2.75) is 0 Å². The Labute approximate surface area is 580 Å². The van der Waals surface area contributed by atoms with Crippen LogP contribution in [-0.4, -0.2) is 32.8 Å². The molecule has 0 aliphatic rings. The van der Waals surface area contributed by atoms with Crippen molar-refractivity contribution in [2.75, 3.05) is 0 Å². The summed E-state index contributed by atoms with van der Waals surface area (Å²) in [4.78, 5) is 11.1. The highest BCUT2D eigenvalue weighted by Crippen LogP contribution is 2.44. The SMILES string of the molecule is c1ccc(-c2cc(-c3ccc(-n4c5ccc(-c6ccc7c(c6)c6ccccc6n7-c6ccccc6)cc5c5cc(-c6ccc7c(c6)c6ccccc6n7-c6ccccc6)ccc54)cc3)nc(-n3c4ccccc4c4ccc(-c5ccc6c(c5)c5ccccc5n6-c5ccccc5)cc43)n2)cc1. The summed E-state index contributed by atoms with van der Waals surface area (Å²) >= 11 is 0. The van der Waals surface area contributed by atoms with Crippen LogP contribution in [0, 0.1) is 0 Å². The maximum absolute atomic E-state index is 5.59. The van der Waals surface area contributed by atoms with Gasteiger partial charge < -0.3 is 18.3 Å². The van der Waals surface area contributed by atoms with Gasteiger partial charge in [-0.25, -0.2) is 9.97 Å². The van der Waals surface area contributed by atoms with Crippen LogP contribution >= 0.6 is 0 Å². The second-order valence-electron chi connectivity index (χ2n) is 26.5. The van der Waals surface area contributed by atoms with E-state index in [9.17, 15) is 0 Å². The van der Waals surface area contributed by atoms with Gasteiger partial charge in [0.25, 0.3) is 0 Å². The maximum atomic E-state index is 5.59. The van der Waals surface area contributed by atoms with Crippen LogP contribution in [-0.2, 0) is 0 Å². The van der Waals surface area contributed by atoms with E-state index < -0.39 is 0 Å². The van der Waals surface area contributed by atoms with Crippen LogP contribution in [0.2, 0.25) is 0 Å². The van der Waals surface area contributed by atoms with Gasteiger partial charge in [0.05, 0.1) is 66.6 Å². The first-order valence-electron chi connectivity index (χ1n) is 34.5. The molecule has 0 aliphatic carbocycles. The van der Waals surface area contributed by atoms with E-state index in [0.29, 0.717) is 5.95 Å². The highest BCUT2D eigenvalue weighted by atomic mass is 15.2. The summed E-state index contributed by atoms with van der Waals surface area (Å²) in [5.41, 5.74) is 26.5. The van der Waals surface area contributed by atoms with E-state index in [2.05, 4.69) is 381 Å². The van der Waals surface area contributed by atoms with Crippen molar-refractivity contribution in [1.29, 1.82) is 0 Å². The van der Waals surface area contributed by atoms with Crippen LogP contribution in [0.15, 0.2) is 358 Å². The number of para-hydroxylation sites is 7. The Hall–Kier alpha value is -13.6. The molecule has 101 heavy (non-hydrogen) atoms.